The summed E-state index contributed by atoms with van der Waals surface area (Å²) in [7, 11) is 0. The Kier molecular flexibility index (Phi) is 4.35. The molecule has 2 nitrogen and oxygen atoms in total. The lowest BCUT2D eigenvalue weighted by Gasteiger charge is -2.24. The molecule has 1 aliphatic rings. The second kappa shape index (κ2) is 6.40. The van der Waals surface area contributed by atoms with Crippen LogP contribution in [0.25, 0.3) is 0 Å². The molecule has 0 saturated carbocycles. The van der Waals surface area contributed by atoms with Gasteiger partial charge in [-0.2, -0.15) is 0 Å². The van der Waals surface area contributed by atoms with Crippen molar-refractivity contribution in [2.24, 2.45) is 0 Å². The molecule has 0 radical (unpaired) electrons. The van der Waals surface area contributed by atoms with Crippen molar-refractivity contribution in [1.29, 1.82) is 0 Å². The quantitative estimate of drug-likeness (QED) is 0.844. The van der Waals surface area contributed by atoms with Gasteiger partial charge in [0.2, 0.25) is 0 Å². The molecule has 2 heteroatoms. The molecular weight excluding hydrogens is 256 g/mol. The molecule has 2 aromatic rings. The van der Waals surface area contributed by atoms with Crippen LogP contribution in [0.1, 0.15) is 35.4 Å². The van der Waals surface area contributed by atoms with Crippen LogP contribution in [0, 0.1) is 13.8 Å². The summed E-state index contributed by atoms with van der Waals surface area (Å²) in [5.41, 5.74) is 5.12. The molecule has 1 unspecified atom stereocenters. The smallest absolute Gasteiger partial charge is 0.0425 e. The Morgan fingerprint density at radius 3 is 2.71 bits per heavy atom. The van der Waals surface area contributed by atoms with Gasteiger partial charge in [0.15, 0.2) is 0 Å². The fourth-order valence-corrected chi connectivity index (χ4v) is 3.42. The van der Waals surface area contributed by atoms with Gasteiger partial charge in [0, 0.05) is 30.4 Å². The Hall–Kier alpha value is -1.67. The van der Waals surface area contributed by atoms with Crippen LogP contribution in [0.3, 0.4) is 0 Å². The summed E-state index contributed by atoms with van der Waals surface area (Å²) >= 11 is 0. The summed E-state index contributed by atoms with van der Waals surface area (Å²) in [5.74, 6) is 0. The second-order valence-electron chi connectivity index (χ2n) is 6.23. The first kappa shape index (κ1) is 14.3. The number of pyridine rings is 1. The first-order chi connectivity index (χ1) is 10.2. The summed E-state index contributed by atoms with van der Waals surface area (Å²) in [6.45, 7) is 6.53. The third kappa shape index (κ3) is 3.70. The highest BCUT2D eigenvalue weighted by molar-refractivity contribution is 5.20. The highest BCUT2D eigenvalue weighted by Gasteiger charge is 2.25. The number of benzene rings is 1. The minimum atomic E-state index is 0.638. The van der Waals surface area contributed by atoms with Crippen LogP contribution >= 0.6 is 0 Å². The minimum Gasteiger partial charge on any atom is -0.296 e. The highest BCUT2D eigenvalue weighted by Crippen LogP contribution is 2.23. The molecule has 0 bridgehead atoms. The van der Waals surface area contributed by atoms with Gasteiger partial charge in [0.05, 0.1) is 0 Å². The highest BCUT2D eigenvalue weighted by atomic mass is 15.2. The van der Waals surface area contributed by atoms with Gasteiger partial charge >= 0.3 is 0 Å². The zero-order valence-corrected chi connectivity index (χ0v) is 13.0. The number of hydrogen-bond acceptors (Lipinski definition) is 2. The predicted molar refractivity (Wildman–Crippen MR) is 87.3 cm³/mol. The van der Waals surface area contributed by atoms with Gasteiger partial charge in [0.1, 0.15) is 0 Å². The van der Waals surface area contributed by atoms with Crippen molar-refractivity contribution < 1.29 is 0 Å². The Balaban J connectivity index is 1.69. The molecule has 1 aromatic carbocycles. The summed E-state index contributed by atoms with van der Waals surface area (Å²) in [6.07, 6.45) is 3.68. The van der Waals surface area contributed by atoms with Gasteiger partial charge < -0.3 is 0 Å². The number of hydrogen-bond donors (Lipinski definition) is 0. The molecule has 3 rings (SSSR count). The monoisotopic (exact) mass is 280 g/mol. The second-order valence-corrected chi connectivity index (χ2v) is 6.23. The molecule has 1 fully saturated rings. The van der Waals surface area contributed by atoms with Crippen LogP contribution < -0.4 is 0 Å². The van der Waals surface area contributed by atoms with Crippen molar-refractivity contribution in [3.05, 3.63) is 65.0 Å². The Bertz CT molecular complexity index is 572. The van der Waals surface area contributed by atoms with E-state index in [2.05, 4.69) is 61.2 Å². The number of likely N-dealkylation sites (tertiary alicyclic amines) is 1. The van der Waals surface area contributed by atoms with E-state index < -0.39 is 0 Å². The normalized spacial score (nSPS) is 19.0. The third-order valence-electron chi connectivity index (χ3n) is 4.32. The molecule has 1 saturated heterocycles. The molecule has 1 aliphatic heterocycles. The average Bonchev–Trinajstić information content (AvgIpc) is 2.86. The van der Waals surface area contributed by atoms with E-state index in [1.165, 1.54) is 36.2 Å². The average molecular weight is 280 g/mol. The molecular formula is C19H24N2. The van der Waals surface area contributed by atoms with Gasteiger partial charge in [-0.05, 0) is 56.5 Å². The van der Waals surface area contributed by atoms with Gasteiger partial charge in [-0.1, -0.05) is 30.3 Å². The lowest BCUT2D eigenvalue weighted by Crippen LogP contribution is -2.31. The lowest BCUT2D eigenvalue weighted by molar-refractivity contribution is 0.243. The van der Waals surface area contributed by atoms with Crippen molar-refractivity contribution in [3.63, 3.8) is 0 Å². The van der Waals surface area contributed by atoms with Crippen molar-refractivity contribution in [1.82, 2.24) is 9.88 Å². The van der Waals surface area contributed by atoms with Crippen LogP contribution in [0.2, 0.25) is 0 Å². The molecule has 1 aromatic heterocycles. The first-order valence-corrected chi connectivity index (χ1v) is 7.93. The van der Waals surface area contributed by atoms with Crippen LogP contribution in [0.5, 0.6) is 0 Å². The minimum absolute atomic E-state index is 0.638. The lowest BCUT2D eigenvalue weighted by atomic mass is 10.1. The summed E-state index contributed by atoms with van der Waals surface area (Å²) in [5, 5.41) is 0. The standard InChI is InChI=1S/C19H24N2/c1-15-11-16(2)20-18(12-15)13-19-9-6-10-21(19)14-17-7-4-3-5-8-17/h3-5,7-8,11-12,19H,6,9-10,13-14H2,1-2H3. The van der Waals surface area contributed by atoms with Crippen LogP contribution in [0.15, 0.2) is 42.5 Å². The summed E-state index contributed by atoms with van der Waals surface area (Å²) in [6, 6.07) is 15.8. The SMILES string of the molecule is Cc1cc(C)nc(CC2CCCN2Cc2ccccc2)c1. The van der Waals surface area contributed by atoms with E-state index in [0.717, 1.165) is 18.7 Å². The number of aryl methyl sites for hydroxylation is 2. The van der Waals surface area contributed by atoms with Crippen LogP contribution in [0.4, 0.5) is 0 Å². The van der Waals surface area contributed by atoms with E-state index >= 15 is 0 Å². The molecule has 0 N–H and O–H groups in total. The Morgan fingerprint density at radius 2 is 1.95 bits per heavy atom. The van der Waals surface area contributed by atoms with Crippen LogP contribution in [-0.2, 0) is 13.0 Å². The van der Waals surface area contributed by atoms with Crippen LogP contribution in [-0.4, -0.2) is 22.5 Å². The third-order valence-corrected chi connectivity index (χ3v) is 4.32. The molecule has 21 heavy (non-hydrogen) atoms. The Labute approximate surface area is 127 Å². The first-order valence-electron chi connectivity index (χ1n) is 7.93. The van der Waals surface area contributed by atoms with Gasteiger partial charge in [-0.25, -0.2) is 0 Å². The van der Waals surface area contributed by atoms with Crippen molar-refractivity contribution in [3.8, 4) is 0 Å². The number of aromatic nitrogens is 1. The van der Waals surface area contributed by atoms with Gasteiger partial charge in [0.25, 0.3) is 0 Å². The number of rotatable bonds is 4. The molecule has 0 amide bonds. The maximum absolute atomic E-state index is 4.71. The Morgan fingerprint density at radius 1 is 1.14 bits per heavy atom. The number of nitrogens with zero attached hydrogens (tertiary/aromatic N) is 2. The molecule has 2 heterocycles. The summed E-state index contributed by atoms with van der Waals surface area (Å²) < 4.78 is 0. The van der Waals surface area contributed by atoms with E-state index in [-0.39, 0.29) is 0 Å². The topological polar surface area (TPSA) is 16.1 Å². The van der Waals surface area contributed by atoms with E-state index in [1.54, 1.807) is 0 Å². The van der Waals surface area contributed by atoms with Crippen molar-refractivity contribution in [2.45, 2.75) is 45.7 Å². The fourth-order valence-electron chi connectivity index (χ4n) is 3.42. The fraction of sp³-hybridized carbons (Fsp3) is 0.421. The summed E-state index contributed by atoms with van der Waals surface area (Å²) in [4.78, 5) is 7.33. The van der Waals surface area contributed by atoms with Crippen molar-refractivity contribution in [2.75, 3.05) is 6.54 Å². The van der Waals surface area contributed by atoms with E-state index in [0.29, 0.717) is 6.04 Å². The predicted octanol–water partition coefficient (Wildman–Crippen LogP) is 3.91. The van der Waals surface area contributed by atoms with Gasteiger partial charge in [-0.15, -0.1) is 0 Å². The zero-order valence-electron chi connectivity index (χ0n) is 13.0. The molecule has 0 spiro atoms. The van der Waals surface area contributed by atoms with Crippen molar-refractivity contribution >= 4 is 0 Å². The van der Waals surface area contributed by atoms with E-state index in [9.17, 15) is 0 Å². The molecule has 0 aliphatic carbocycles. The largest absolute Gasteiger partial charge is 0.296 e. The van der Waals surface area contributed by atoms with Gasteiger partial charge in [-0.3, -0.25) is 9.88 Å². The molecule has 1 atom stereocenters. The van der Waals surface area contributed by atoms with E-state index in [4.69, 9.17) is 4.98 Å². The van der Waals surface area contributed by atoms with E-state index in [1.807, 2.05) is 0 Å². The zero-order chi connectivity index (χ0) is 14.7. The maximum atomic E-state index is 4.71. The molecule has 110 valence electrons. The maximum Gasteiger partial charge on any atom is 0.0425 e.